The number of hydrogen-bond donors (Lipinski definition) is 0. The van der Waals surface area contributed by atoms with Crippen molar-refractivity contribution in [1.29, 1.82) is 0 Å². The van der Waals surface area contributed by atoms with Gasteiger partial charge in [0.1, 0.15) is 23.0 Å². The summed E-state index contributed by atoms with van der Waals surface area (Å²) in [6, 6.07) is 7.90. The van der Waals surface area contributed by atoms with Crippen molar-refractivity contribution in [2.75, 3.05) is 18.1 Å². The number of benzene rings is 1. The number of halogens is 2. The number of anilines is 2. The molecule has 2 aromatic rings. The van der Waals surface area contributed by atoms with Crippen LogP contribution in [0.3, 0.4) is 0 Å². The molecule has 0 saturated carbocycles. The van der Waals surface area contributed by atoms with Crippen LogP contribution in [0.15, 0.2) is 30.6 Å². The monoisotopic (exact) mass is 309 g/mol. The number of para-hydroxylation sites is 2. The minimum absolute atomic E-state index is 0.272. The maximum absolute atomic E-state index is 6.12. The lowest BCUT2D eigenvalue weighted by Crippen LogP contribution is -2.20. The number of alkyl halides is 1. The first-order valence-corrected chi connectivity index (χ1v) is 7.27. The fraction of sp³-hybridized carbons (Fsp3) is 0.286. The molecule has 3 rings (SSSR count). The van der Waals surface area contributed by atoms with Crippen molar-refractivity contribution >= 4 is 34.7 Å². The summed E-state index contributed by atoms with van der Waals surface area (Å²) in [6.45, 7) is 1.48. The van der Waals surface area contributed by atoms with Gasteiger partial charge in [0.2, 0.25) is 0 Å². The molecular weight excluding hydrogens is 297 g/mol. The fourth-order valence-electron chi connectivity index (χ4n) is 2.28. The molecular formula is C14H13Cl2N3O. The van der Waals surface area contributed by atoms with Gasteiger partial charge >= 0.3 is 0 Å². The standard InChI is InChI=1S/C14H13Cl2N3O/c15-8-10-13(16)17-9-18-14(10)19-6-3-7-20-12-5-2-1-4-11(12)19/h1-2,4-5,9H,3,6-8H2. The van der Waals surface area contributed by atoms with Crippen LogP contribution in [0, 0.1) is 0 Å². The molecule has 4 nitrogen and oxygen atoms in total. The van der Waals surface area contributed by atoms with Crippen molar-refractivity contribution < 1.29 is 4.74 Å². The van der Waals surface area contributed by atoms with Crippen LogP contribution in [0.4, 0.5) is 11.5 Å². The summed E-state index contributed by atoms with van der Waals surface area (Å²) in [5.41, 5.74) is 1.72. The molecule has 0 amide bonds. The van der Waals surface area contributed by atoms with Gasteiger partial charge in [-0.3, -0.25) is 0 Å². The smallest absolute Gasteiger partial charge is 0.142 e. The molecule has 1 aliphatic heterocycles. The predicted octanol–water partition coefficient (Wildman–Crippen LogP) is 3.79. The highest BCUT2D eigenvalue weighted by Gasteiger charge is 2.22. The van der Waals surface area contributed by atoms with Crippen molar-refractivity contribution in [3.8, 4) is 5.75 Å². The number of hydrogen-bond acceptors (Lipinski definition) is 4. The van der Waals surface area contributed by atoms with Crippen LogP contribution in [-0.4, -0.2) is 23.1 Å². The number of rotatable bonds is 2. The molecule has 0 N–H and O–H groups in total. The zero-order valence-electron chi connectivity index (χ0n) is 10.7. The molecule has 20 heavy (non-hydrogen) atoms. The molecule has 0 bridgehead atoms. The normalized spacial score (nSPS) is 14.4. The molecule has 0 fully saturated rings. The van der Waals surface area contributed by atoms with Gasteiger partial charge in [0.05, 0.1) is 18.2 Å². The van der Waals surface area contributed by atoms with Crippen LogP contribution in [0.5, 0.6) is 5.75 Å². The fourth-order valence-corrected chi connectivity index (χ4v) is 2.79. The summed E-state index contributed by atoms with van der Waals surface area (Å²) in [4.78, 5) is 10.5. The predicted molar refractivity (Wildman–Crippen MR) is 80.2 cm³/mol. The lowest BCUT2D eigenvalue weighted by atomic mass is 10.2. The van der Waals surface area contributed by atoms with Crippen molar-refractivity contribution in [3.63, 3.8) is 0 Å². The molecule has 0 saturated heterocycles. The summed E-state index contributed by atoms with van der Waals surface area (Å²) in [5.74, 6) is 1.87. The zero-order valence-corrected chi connectivity index (χ0v) is 12.2. The second-order valence-electron chi connectivity index (χ2n) is 4.42. The highest BCUT2D eigenvalue weighted by molar-refractivity contribution is 6.31. The first-order valence-electron chi connectivity index (χ1n) is 6.36. The second-order valence-corrected chi connectivity index (χ2v) is 5.05. The van der Waals surface area contributed by atoms with Crippen molar-refractivity contribution in [2.24, 2.45) is 0 Å². The number of fused-ring (bicyclic) bond motifs is 1. The van der Waals surface area contributed by atoms with Gasteiger partial charge < -0.3 is 9.64 Å². The van der Waals surface area contributed by atoms with E-state index in [-0.39, 0.29) is 5.88 Å². The Morgan fingerprint density at radius 2 is 2.10 bits per heavy atom. The van der Waals surface area contributed by atoms with Gasteiger partial charge in [0.25, 0.3) is 0 Å². The molecule has 1 aliphatic rings. The molecule has 1 aromatic heterocycles. The Hall–Kier alpha value is -1.52. The van der Waals surface area contributed by atoms with Gasteiger partial charge in [-0.25, -0.2) is 9.97 Å². The Bertz CT molecular complexity index is 621. The summed E-state index contributed by atoms with van der Waals surface area (Å²) in [6.07, 6.45) is 2.36. The summed E-state index contributed by atoms with van der Waals surface area (Å²) < 4.78 is 5.75. The SMILES string of the molecule is ClCc1c(Cl)ncnc1N1CCCOc2ccccc21. The van der Waals surface area contributed by atoms with E-state index in [4.69, 9.17) is 27.9 Å². The van der Waals surface area contributed by atoms with E-state index in [0.717, 1.165) is 35.8 Å². The Labute approximate surface area is 127 Å². The zero-order chi connectivity index (χ0) is 13.9. The Balaban J connectivity index is 2.12. The minimum atomic E-state index is 0.272. The maximum atomic E-state index is 6.12. The third-order valence-electron chi connectivity index (χ3n) is 3.20. The van der Waals surface area contributed by atoms with Gasteiger partial charge in [0.15, 0.2) is 0 Å². The third kappa shape index (κ3) is 2.41. The van der Waals surface area contributed by atoms with E-state index in [1.165, 1.54) is 6.33 Å². The minimum Gasteiger partial charge on any atom is -0.491 e. The summed E-state index contributed by atoms with van der Waals surface area (Å²) in [5, 5.41) is 0.396. The van der Waals surface area contributed by atoms with E-state index in [9.17, 15) is 0 Å². The first-order chi connectivity index (χ1) is 9.81. The van der Waals surface area contributed by atoms with E-state index in [1.54, 1.807) is 0 Å². The van der Waals surface area contributed by atoms with Gasteiger partial charge in [-0.1, -0.05) is 23.7 Å². The average molecular weight is 310 g/mol. The third-order valence-corrected chi connectivity index (χ3v) is 3.79. The lowest BCUT2D eigenvalue weighted by molar-refractivity contribution is 0.322. The van der Waals surface area contributed by atoms with Gasteiger partial charge in [-0.05, 0) is 18.6 Å². The first kappa shape index (κ1) is 13.5. The number of aromatic nitrogens is 2. The van der Waals surface area contributed by atoms with Crippen LogP contribution in [0.25, 0.3) is 0 Å². The van der Waals surface area contributed by atoms with E-state index < -0.39 is 0 Å². The molecule has 2 heterocycles. The molecule has 104 valence electrons. The van der Waals surface area contributed by atoms with E-state index in [2.05, 4.69) is 14.9 Å². The largest absolute Gasteiger partial charge is 0.491 e. The maximum Gasteiger partial charge on any atom is 0.142 e. The summed E-state index contributed by atoms with van der Waals surface area (Å²) in [7, 11) is 0. The molecule has 0 spiro atoms. The molecule has 0 radical (unpaired) electrons. The molecule has 0 aliphatic carbocycles. The highest BCUT2D eigenvalue weighted by atomic mass is 35.5. The second kappa shape index (κ2) is 5.85. The Morgan fingerprint density at radius 3 is 2.95 bits per heavy atom. The average Bonchev–Trinajstić information content (AvgIpc) is 2.69. The molecule has 0 unspecified atom stereocenters. The highest BCUT2D eigenvalue weighted by Crippen LogP contribution is 2.37. The van der Waals surface area contributed by atoms with Crippen molar-refractivity contribution in [2.45, 2.75) is 12.3 Å². The van der Waals surface area contributed by atoms with E-state index in [1.807, 2.05) is 24.3 Å². The van der Waals surface area contributed by atoms with Crippen molar-refractivity contribution in [1.82, 2.24) is 9.97 Å². The Kier molecular flexibility index (Phi) is 3.94. The van der Waals surface area contributed by atoms with Crippen molar-refractivity contribution in [3.05, 3.63) is 41.3 Å². The molecule has 0 atom stereocenters. The Morgan fingerprint density at radius 1 is 1.25 bits per heavy atom. The topological polar surface area (TPSA) is 38.2 Å². The van der Waals surface area contributed by atoms with Crippen LogP contribution in [0.2, 0.25) is 5.15 Å². The lowest BCUT2D eigenvalue weighted by Gasteiger charge is -2.24. The van der Waals surface area contributed by atoms with Crippen LogP contribution in [0.1, 0.15) is 12.0 Å². The van der Waals surface area contributed by atoms with E-state index >= 15 is 0 Å². The number of nitrogens with zero attached hydrogens (tertiary/aromatic N) is 3. The van der Waals surface area contributed by atoms with Gasteiger partial charge in [-0.2, -0.15) is 0 Å². The summed E-state index contributed by atoms with van der Waals surface area (Å²) >= 11 is 12.1. The van der Waals surface area contributed by atoms with Crippen LogP contribution in [-0.2, 0) is 5.88 Å². The van der Waals surface area contributed by atoms with Gasteiger partial charge in [-0.15, -0.1) is 11.6 Å². The molecule has 1 aromatic carbocycles. The van der Waals surface area contributed by atoms with E-state index in [0.29, 0.717) is 11.8 Å². The quantitative estimate of drug-likeness (QED) is 0.625. The molecule has 6 heteroatoms. The van der Waals surface area contributed by atoms with Gasteiger partial charge in [0, 0.05) is 12.1 Å². The number of ether oxygens (including phenoxy) is 1. The van der Waals surface area contributed by atoms with Crippen LogP contribution < -0.4 is 9.64 Å². The van der Waals surface area contributed by atoms with Crippen LogP contribution >= 0.6 is 23.2 Å².